The fraction of sp³-hybridized carbons (Fsp3) is 0.222. The van der Waals surface area contributed by atoms with Crippen molar-refractivity contribution in [2.24, 2.45) is 0 Å². The van der Waals surface area contributed by atoms with E-state index in [9.17, 15) is 9.59 Å². The lowest BCUT2D eigenvalue weighted by atomic mass is 10.1. The number of hydrogen-bond acceptors (Lipinski definition) is 3. The first-order valence-electron chi connectivity index (χ1n) is 7.61. The summed E-state index contributed by atoms with van der Waals surface area (Å²) in [5, 5.41) is 0. The van der Waals surface area contributed by atoms with Gasteiger partial charge in [-0.1, -0.05) is 25.1 Å². The highest BCUT2D eigenvalue weighted by Gasteiger charge is 2.14. The molecule has 0 saturated carbocycles. The molecule has 2 aromatic rings. The van der Waals surface area contributed by atoms with Gasteiger partial charge in [0.15, 0.2) is 0 Å². The number of carbonyl (C=O) groups excluding carboxylic acids is 2. The molecule has 0 aromatic heterocycles. The van der Waals surface area contributed by atoms with Crippen molar-refractivity contribution in [2.45, 2.75) is 20.3 Å². The van der Waals surface area contributed by atoms with Crippen molar-refractivity contribution in [3.63, 3.8) is 0 Å². The second-order valence-electron chi connectivity index (χ2n) is 5.22. The van der Waals surface area contributed by atoms with E-state index in [-0.39, 0.29) is 5.91 Å². The largest absolute Gasteiger partial charge is 0.493 e. The molecule has 0 fully saturated rings. The highest BCUT2D eigenvalue weighted by Crippen LogP contribution is 2.18. The van der Waals surface area contributed by atoms with Crippen molar-refractivity contribution in [2.75, 3.05) is 6.61 Å². The van der Waals surface area contributed by atoms with E-state index in [0.29, 0.717) is 23.5 Å². The zero-order valence-electron chi connectivity index (χ0n) is 13.6. The number of carbonyl (C=O) groups is 2. The fourth-order valence-corrected chi connectivity index (χ4v) is 2.49. The molecule has 2 rings (SSSR count). The van der Waals surface area contributed by atoms with Crippen LogP contribution in [0.25, 0.3) is 0 Å². The van der Waals surface area contributed by atoms with Gasteiger partial charge in [-0.3, -0.25) is 20.4 Å². The van der Waals surface area contributed by atoms with E-state index in [2.05, 4.69) is 33.4 Å². The van der Waals surface area contributed by atoms with E-state index in [1.807, 2.05) is 19.9 Å². The smallest absolute Gasteiger partial charge is 0.273 e. The molecule has 0 aliphatic carbocycles. The third-order valence-electron chi connectivity index (χ3n) is 3.32. The Labute approximate surface area is 154 Å². The lowest BCUT2D eigenvalue weighted by molar-refractivity contribution is 0.0844. The zero-order chi connectivity index (χ0) is 17.5. The quantitative estimate of drug-likeness (QED) is 0.555. The second-order valence-corrected chi connectivity index (χ2v) is 6.38. The SMILES string of the molecule is CCCOc1ccccc1C(=O)NNC(=O)c1ccc(C)c(I)c1. The molecular formula is C18H19IN2O3. The van der Waals surface area contributed by atoms with E-state index in [0.717, 1.165) is 15.6 Å². The van der Waals surface area contributed by atoms with Crippen LogP contribution in [-0.4, -0.2) is 18.4 Å². The Hall–Kier alpha value is -2.09. The van der Waals surface area contributed by atoms with Crippen molar-refractivity contribution < 1.29 is 14.3 Å². The number of rotatable bonds is 5. The van der Waals surface area contributed by atoms with Crippen LogP contribution in [0.3, 0.4) is 0 Å². The number of aryl methyl sites for hydroxylation is 1. The molecule has 0 unspecified atom stereocenters. The first kappa shape index (κ1) is 18.3. The Bertz CT molecular complexity index is 747. The average molecular weight is 438 g/mol. The molecule has 24 heavy (non-hydrogen) atoms. The minimum absolute atomic E-state index is 0.367. The van der Waals surface area contributed by atoms with Gasteiger partial charge in [0.25, 0.3) is 11.8 Å². The first-order chi connectivity index (χ1) is 11.5. The summed E-state index contributed by atoms with van der Waals surface area (Å²) in [5.41, 5.74) is 6.82. The topological polar surface area (TPSA) is 67.4 Å². The molecule has 6 heteroatoms. The number of ether oxygens (including phenoxy) is 1. The number of hydrogen-bond donors (Lipinski definition) is 2. The van der Waals surface area contributed by atoms with Crippen LogP contribution in [0.4, 0.5) is 0 Å². The van der Waals surface area contributed by atoms with E-state index >= 15 is 0 Å². The third kappa shape index (κ3) is 4.70. The van der Waals surface area contributed by atoms with Crippen molar-refractivity contribution in [1.29, 1.82) is 0 Å². The molecule has 2 N–H and O–H groups in total. The maximum atomic E-state index is 12.3. The van der Waals surface area contributed by atoms with Gasteiger partial charge in [0.05, 0.1) is 12.2 Å². The van der Waals surface area contributed by atoms with Crippen LogP contribution in [0, 0.1) is 10.5 Å². The van der Waals surface area contributed by atoms with E-state index in [1.165, 1.54) is 0 Å². The van der Waals surface area contributed by atoms with Gasteiger partial charge in [-0.25, -0.2) is 0 Å². The van der Waals surface area contributed by atoms with Gasteiger partial charge in [-0.05, 0) is 65.8 Å². The second kappa shape index (κ2) is 8.68. The first-order valence-corrected chi connectivity index (χ1v) is 8.69. The van der Waals surface area contributed by atoms with Gasteiger partial charge < -0.3 is 4.74 Å². The van der Waals surface area contributed by atoms with Gasteiger partial charge in [0, 0.05) is 9.13 Å². The van der Waals surface area contributed by atoms with Gasteiger partial charge in [0.1, 0.15) is 5.75 Å². The van der Waals surface area contributed by atoms with Crippen LogP contribution in [-0.2, 0) is 0 Å². The maximum absolute atomic E-state index is 12.3. The van der Waals surface area contributed by atoms with Crippen LogP contribution in [0.15, 0.2) is 42.5 Å². The van der Waals surface area contributed by atoms with E-state index in [1.54, 1.807) is 36.4 Å². The van der Waals surface area contributed by atoms with Crippen LogP contribution in [0.1, 0.15) is 39.6 Å². The summed E-state index contributed by atoms with van der Waals surface area (Å²) < 4.78 is 6.54. The van der Waals surface area contributed by atoms with Gasteiger partial charge in [-0.2, -0.15) is 0 Å². The summed E-state index contributed by atoms with van der Waals surface area (Å²) in [6, 6.07) is 12.3. The highest BCUT2D eigenvalue weighted by molar-refractivity contribution is 14.1. The number of nitrogens with one attached hydrogen (secondary N) is 2. The Morgan fingerprint density at radius 3 is 2.50 bits per heavy atom. The molecule has 126 valence electrons. The Morgan fingerprint density at radius 2 is 1.79 bits per heavy atom. The molecule has 0 spiro atoms. The Morgan fingerprint density at radius 1 is 1.08 bits per heavy atom. The molecule has 2 amide bonds. The van der Waals surface area contributed by atoms with Crippen LogP contribution in [0.2, 0.25) is 0 Å². The minimum Gasteiger partial charge on any atom is -0.493 e. The zero-order valence-corrected chi connectivity index (χ0v) is 15.7. The summed E-state index contributed by atoms with van der Waals surface area (Å²) in [4.78, 5) is 24.4. The molecule has 5 nitrogen and oxygen atoms in total. The highest BCUT2D eigenvalue weighted by atomic mass is 127. The predicted molar refractivity (Wildman–Crippen MR) is 101 cm³/mol. The number of halogens is 1. The number of hydrazine groups is 1. The summed E-state index contributed by atoms with van der Waals surface area (Å²) in [6.07, 6.45) is 0.846. The van der Waals surface area contributed by atoms with Crippen molar-refractivity contribution in [3.05, 3.63) is 62.7 Å². The Kier molecular flexibility index (Phi) is 6.60. The van der Waals surface area contributed by atoms with Crippen molar-refractivity contribution in [3.8, 4) is 5.75 Å². The van der Waals surface area contributed by atoms with Gasteiger partial charge in [-0.15, -0.1) is 0 Å². The summed E-state index contributed by atoms with van der Waals surface area (Å²) >= 11 is 2.17. The monoisotopic (exact) mass is 438 g/mol. The number of para-hydroxylation sites is 1. The average Bonchev–Trinajstić information content (AvgIpc) is 2.60. The lowest BCUT2D eigenvalue weighted by Crippen LogP contribution is -2.41. The number of benzene rings is 2. The molecule has 2 aromatic carbocycles. The molecular weight excluding hydrogens is 419 g/mol. The Balaban J connectivity index is 2.02. The summed E-state index contributed by atoms with van der Waals surface area (Å²) in [6.45, 7) is 4.49. The lowest BCUT2D eigenvalue weighted by Gasteiger charge is -2.12. The van der Waals surface area contributed by atoms with Crippen LogP contribution < -0.4 is 15.6 Å². The predicted octanol–water partition coefficient (Wildman–Crippen LogP) is 3.46. The normalized spacial score (nSPS) is 10.1. The van der Waals surface area contributed by atoms with Crippen molar-refractivity contribution >= 4 is 34.4 Å². The minimum atomic E-state index is -0.420. The van der Waals surface area contributed by atoms with E-state index in [4.69, 9.17) is 4.74 Å². The number of amides is 2. The molecule has 0 radical (unpaired) electrons. The third-order valence-corrected chi connectivity index (χ3v) is 4.48. The van der Waals surface area contributed by atoms with Crippen LogP contribution >= 0.6 is 22.6 Å². The molecule has 0 heterocycles. The fourth-order valence-electron chi connectivity index (χ4n) is 1.98. The van der Waals surface area contributed by atoms with Gasteiger partial charge in [0.2, 0.25) is 0 Å². The molecule has 0 bridgehead atoms. The molecule has 0 atom stereocenters. The van der Waals surface area contributed by atoms with Crippen LogP contribution in [0.5, 0.6) is 5.75 Å². The molecule has 0 aliphatic heterocycles. The molecule has 0 saturated heterocycles. The standard InChI is InChI=1S/C18H19IN2O3/c1-3-10-24-16-7-5-4-6-14(16)18(23)21-20-17(22)13-9-8-12(2)15(19)11-13/h4-9,11H,3,10H2,1-2H3,(H,20,22)(H,21,23). The maximum Gasteiger partial charge on any atom is 0.273 e. The van der Waals surface area contributed by atoms with Crippen molar-refractivity contribution in [1.82, 2.24) is 10.9 Å². The van der Waals surface area contributed by atoms with E-state index < -0.39 is 5.91 Å². The van der Waals surface area contributed by atoms with Gasteiger partial charge >= 0.3 is 0 Å². The summed E-state index contributed by atoms with van der Waals surface area (Å²) in [7, 11) is 0. The molecule has 0 aliphatic rings. The summed E-state index contributed by atoms with van der Waals surface area (Å²) in [5.74, 6) is -0.291.